The van der Waals surface area contributed by atoms with Crippen molar-refractivity contribution in [3.8, 4) is 17.4 Å². The minimum atomic E-state index is -0.359. The van der Waals surface area contributed by atoms with E-state index in [9.17, 15) is 9.59 Å². The summed E-state index contributed by atoms with van der Waals surface area (Å²) in [5, 5.41) is 0. The lowest BCUT2D eigenvalue weighted by Crippen LogP contribution is -2.30. The maximum absolute atomic E-state index is 12.3. The van der Waals surface area contributed by atoms with Gasteiger partial charge in [0.2, 0.25) is 17.7 Å². The average molecular weight is 358 g/mol. The molecule has 2 heterocycles. The third kappa shape index (κ3) is 4.38. The molecule has 26 heavy (non-hydrogen) atoms. The standard InChI is InChI=1S/C17H18N4O5/c1-24-16-6-7-18-17(19-16)21-20-15(23)5-3-12(22)11-2-4-13-14(10-11)26-9-8-25-13/h2,4,6-7,10H,3,5,8-9H2,1H3,(H,20,23)(H,18,19,21). The monoisotopic (exact) mass is 358 g/mol. The number of carbonyl (C=O) groups excluding carboxylic acids is 2. The van der Waals surface area contributed by atoms with Crippen LogP contribution in [0.5, 0.6) is 17.4 Å². The summed E-state index contributed by atoms with van der Waals surface area (Å²) < 4.78 is 15.8. The fourth-order valence-corrected chi connectivity index (χ4v) is 2.29. The zero-order valence-corrected chi connectivity index (χ0v) is 14.2. The number of hydrazine groups is 1. The summed E-state index contributed by atoms with van der Waals surface area (Å²) in [4.78, 5) is 32.1. The van der Waals surface area contributed by atoms with Gasteiger partial charge in [0.1, 0.15) is 13.2 Å². The van der Waals surface area contributed by atoms with Crippen molar-refractivity contribution in [2.24, 2.45) is 0 Å². The molecule has 0 aliphatic carbocycles. The van der Waals surface area contributed by atoms with Crippen molar-refractivity contribution < 1.29 is 23.8 Å². The van der Waals surface area contributed by atoms with Crippen molar-refractivity contribution in [3.63, 3.8) is 0 Å². The summed E-state index contributed by atoms with van der Waals surface area (Å²) in [6, 6.07) is 6.58. The van der Waals surface area contributed by atoms with E-state index >= 15 is 0 Å². The molecule has 1 aromatic carbocycles. The van der Waals surface area contributed by atoms with Crippen LogP contribution in [0, 0.1) is 0 Å². The van der Waals surface area contributed by atoms with Crippen LogP contribution in [0.1, 0.15) is 23.2 Å². The predicted molar refractivity (Wildman–Crippen MR) is 91.3 cm³/mol. The first kappa shape index (κ1) is 17.5. The predicted octanol–water partition coefficient (Wildman–Crippen LogP) is 1.36. The Balaban J connectivity index is 1.48. The fourth-order valence-electron chi connectivity index (χ4n) is 2.29. The van der Waals surface area contributed by atoms with Gasteiger partial charge in [-0.3, -0.25) is 20.4 Å². The van der Waals surface area contributed by atoms with E-state index in [1.54, 1.807) is 24.3 Å². The van der Waals surface area contributed by atoms with Gasteiger partial charge in [0, 0.05) is 30.7 Å². The molecular formula is C17H18N4O5. The number of Topliss-reactive ketones (excluding diaryl/α,β-unsaturated/α-hetero) is 1. The van der Waals surface area contributed by atoms with Gasteiger partial charge in [-0.25, -0.2) is 4.98 Å². The number of methoxy groups -OCH3 is 1. The third-order valence-corrected chi connectivity index (χ3v) is 3.60. The molecule has 136 valence electrons. The van der Waals surface area contributed by atoms with Crippen LogP contribution < -0.4 is 25.1 Å². The van der Waals surface area contributed by atoms with Gasteiger partial charge in [-0.05, 0) is 18.2 Å². The van der Waals surface area contributed by atoms with Crippen LogP contribution in [0.25, 0.3) is 0 Å². The first-order valence-electron chi connectivity index (χ1n) is 8.00. The van der Waals surface area contributed by atoms with E-state index in [1.165, 1.54) is 13.3 Å². The van der Waals surface area contributed by atoms with Crippen molar-refractivity contribution in [1.82, 2.24) is 15.4 Å². The third-order valence-electron chi connectivity index (χ3n) is 3.60. The number of carbonyl (C=O) groups is 2. The molecule has 0 bridgehead atoms. The molecule has 9 heteroatoms. The summed E-state index contributed by atoms with van der Waals surface area (Å²) in [7, 11) is 1.48. The van der Waals surface area contributed by atoms with Gasteiger partial charge < -0.3 is 14.2 Å². The summed E-state index contributed by atoms with van der Waals surface area (Å²) in [6.07, 6.45) is 1.57. The Hall–Kier alpha value is -3.36. The minimum absolute atomic E-state index is 0.0181. The molecule has 0 atom stereocenters. The Morgan fingerprint density at radius 2 is 1.96 bits per heavy atom. The van der Waals surface area contributed by atoms with E-state index < -0.39 is 0 Å². The van der Waals surface area contributed by atoms with Crippen molar-refractivity contribution in [2.45, 2.75) is 12.8 Å². The molecule has 2 aromatic rings. The van der Waals surface area contributed by atoms with Crippen molar-refractivity contribution in [2.75, 3.05) is 25.7 Å². The summed E-state index contributed by atoms with van der Waals surface area (Å²) in [5.41, 5.74) is 5.49. The molecule has 2 N–H and O–H groups in total. The highest BCUT2D eigenvalue weighted by Crippen LogP contribution is 2.31. The first-order valence-corrected chi connectivity index (χ1v) is 8.00. The van der Waals surface area contributed by atoms with Gasteiger partial charge in [-0.2, -0.15) is 4.98 Å². The molecule has 0 saturated heterocycles. The number of fused-ring (bicyclic) bond motifs is 1. The van der Waals surface area contributed by atoms with Gasteiger partial charge in [-0.15, -0.1) is 0 Å². The first-order chi connectivity index (χ1) is 12.7. The van der Waals surface area contributed by atoms with E-state index in [2.05, 4.69) is 20.8 Å². The molecule has 1 aliphatic rings. The van der Waals surface area contributed by atoms with Crippen LogP contribution in [-0.4, -0.2) is 42.0 Å². The number of ether oxygens (including phenoxy) is 3. The number of amides is 1. The Morgan fingerprint density at radius 1 is 1.15 bits per heavy atom. The molecule has 1 aliphatic heterocycles. The summed E-state index contributed by atoms with van der Waals surface area (Å²) in [6.45, 7) is 0.940. The Labute approximate surface area is 149 Å². The Morgan fingerprint density at radius 3 is 2.77 bits per heavy atom. The van der Waals surface area contributed by atoms with Crippen molar-refractivity contribution >= 4 is 17.6 Å². The van der Waals surface area contributed by atoms with Crippen LogP contribution in [-0.2, 0) is 4.79 Å². The fraction of sp³-hybridized carbons (Fsp3) is 0.294. The van der Waals surface area contributed by atoms with E-state index in [-0.39, 0.29) is 30.5 Å². The number of anilines is 1. The highest BCUT2D eigenvalue weighted by molar-refractivity contribution is 5.98. The minimum Gasteiger partial charge on any atom is -0.486 e. The second-order valence-electron chi connectivity index (χ2n) is 5.38. The highest BCUT2D eigenvalue weighted by atomic mass is 16.6. The second kappa shape index (κ2) is 8.15. The maximum atomic E-state index is 12.3. The van der Waals surface area contributed by atoms with Gasteiger partial charge in [-0.1, -0.05) is 0 Å². The van der Waals surface area contributed by atoms with Gasteiger partial charge >= 0.3 is 0 Å². The molecule has 9 nitrogen and oxygen atoms in total. The van der Waals surface area contributed by atoms with E-state index in [0.29, 0.717) is 36.2 Å². The average Bonchev–Trinajstić information content (AvgIpc) is 2.70. The number of rotatable bonds is 7. The van der Waals surface area contributed by atoms with Crippen LogP contribution in [0.3, 0.4) is 0 Å². The lowest BCUT2D eigenvalue weighted by Gasteiger charge is -2.18. The number of nitrogens with zero attached hydrogens (tertiary/aromatic N) is 2. The van der Waals surface area contributed by atoms with Gasteiger partial charge in [0.05, 0.1) is 7.11 Å². The molecule has 0 fully saturated rings. The van der Waals surface area contributed by atoms with Crippen molar-refractivity contribution in [3.05, 3.63) is 36.0 Å². The molecular weight excluding hydrogens is 340 g/mol. The molecule has 0 saturated carbocycles. The largest absolute Gasteiger partial charge is 0.486 e. The number of ketones is 1. The second-order valence-corrected chi connectivity index (χ2v) is 5.38. The topological polar surface area (TPSA) is 112 Å². The van der Waals surface area contributed by atoms with E-state index in [0.717, 1.165) is 0 Å². The molecule has 0 unspecified atom stereocenters. The zero-order chi connectivity index (χ0) is 18.4. The summed E-state index contributed by atoms with van der Waals surface area (Å²) in [5.74, 6) is 1.20. The van der Waals surface area contributed by atoms with Crippen LogP contribution in [0.2, 0.25) is 0 Å². The number of nitrogens with one attached hydrogen (secondary N) is 2. The SMILES string of the molecule is COc1ccnc(NNC(=O)CCC(=O)c2ccc3c(c2)OCCO3)n1. The quantitative estimate of drug-likeness (QED) is 0.564. The number of hydrogen-bond acceptors (Lipinski definition) is 8. The molecule has 1 aromatic heterocycles. The highest BCUT2D eigenvalue weighted by Gasteiger charge is 2.15. The number of hydrogen-bond donors (Lipinski definition) is 2. The van der Waals surface area contributed by atoms with Crippen LogP contribution in [0.15, 0.2) is 30.5 Å². The number of benzene rings is 1. The molecule has 1 amide bonds. The van der Waals surface area contributed by atoms with Gasteiger partial charge in [0.25, 0.3) is 0 Å². The smallest absolute Gasteiger partial charge is 0.245 e. The van der Waals surface area contributed by atoms with Crippen LogP contribution >= 0.6 is 0 Å². The van der Waals surface area contributed by atoms with Gasteiger partial charge in [0.15, 0.2) is 17.3 Å². The normalized spacial score (nSPS) is 12.2. The Kier molecular flexibility index (Phi) is 5.47. The molecule has 0 spiro atoms. The van der Waals surface area contributed by atoms with E-state index in [1.807, 2.05) is 0 Å². The number of aromatic nitrogens is 2. The van der Waals surface area contributed by atoms with E-state index in [4.69, 9.17) is 14.2 Å². The lowest BCUT2D eigenvalue weighted by atomic mass is 10.1. The molecule has 0 radical (unpaired) electrons. The van der Waals surface area contributed by atoms with Crippen molar-refractivity contribution in [1.29, 1.82) is 0 Å². The lowest BCUT2D eigenvalue weighted by molar-refractivity contribution is -0.120. The zero-order valence-electron chi connectivity index (χ0n) is 14.2. The molecule has 3 rings (SSSR count). The maximum Gasteiger partial charge on any atom is 0.245 e. The Bertz CT molecular complexity index is 811. The van der Waals surface area contributed by atoms with Crippen LogP contribution in [0.4, 0.5) is 5.95 Å². The summed E-state index contributed by atoms with van der Waals surface area (Å²) >= 11 is 0.